The fraction of sp³-hybridized carbons (Fsp3) is 0.393. The van der Waals surface area contributed by atoms with Crippen molar-refractivity contribution in [2.45, 2.75) is 58.4 Å². The average molecular weight is 448 g/mol. The zero-order valence-electron chi connectivity index (χ0n) is 19.5. The third-order valence-electron chi connectivity index (χ3n) is 6.57. The molecule has 2 aromatic carbocycles. The van der Waals surface area contributed by atoms with E-state index in [1.807, 2.05) is 30.3 Å². The number of aryl methyl sites for hydroxylation is 1. The predicted octanol–water partition coefficient (Wildman–Crippen LogP) is 5.84. The van der Waals surface area contributed by atoms with Gasteiger partial charge in [0.1, 0.15) is 11.0 Å². The topological polar surface area (TPSA) is 33.5 Å². The molecule has 4 heteroatoms. The molecule has 0 saturated carbocycles. The molecule has 3 aromatic rings. The number of amides is 1. The summed E-state index contributed by atoms with van der Waals surface area (Å²) in [6, 6.07) is 21.3. The third-order valence-corrected chi connectivity index (χ3v) is 7.79. The van der Waals surface area contributed by atoms with E-state index in [4.69, 9.17) is 0 Å². The first kappa shape index (κ1) is 22.8. The summed E-state index contributed by atoms with van der Waals surface area (Å²) in [5, 5.41) is 4.27. The molecule has 0 aliphatic carbocycles. The number of hydrogen-bond acceptors (Lipinski definition) is 2. The molecule has 32 heavy (non-hydrogen) atoms. The van der Waals surface area contributed by atoms with Crippen LogP contribution in [0.15, 0.2) is 60.7 Å². The largest absolute Gasteiger partial charge is 0.325 e. The average Bonchev–Trinajstić information content (AvgIpc) is 3.23. The molecule has 2 N–H and O–H groups in total. The molecule has 0 spiro atoms. The molecule has 1 fully saturated rings. The Balaban J connectivity index is 1.73. The number of benzene rings is 2. The fourth-order valence-electron chi connectivity index (χ4n) is 4.71. The number of nitrogens with one attached hydrogen (secondary N) is 2. The maximum atomic E-state index is 13.0. The monoisotopic (exact) mass is 447 g/mol. The van der Waals surface area contributed by atoms with Gasteiger partial charge in [-0.05, 0) is 55.4 Å². The SMILES string of the molecule is CCc1cc([C@@H](c2ccc(C(C)C)cc2)[NH+]2CCCCC2)c(NC(=O)c2ccccc2)s1. The highest BCUT2D eigenvalue weighted by atomic mass is 32.1. The summed E-state index contributed by atoms with van der Waals surface area (Å²) < 4.78 is 0. The van der Waals surface area contributed by atoms with Crippen molar-refractivity contribution < 1.29 is 9.69 Å². The van der Waals surface area contributed by atoms with Crippen LogP contribution in [0.25, 0.3) is 0 Å². The summed E-state index contributed by atoms with van der Waals surface area (Å²) in [5.74, 6) is 0.497. The number of carbonyl (C=O) groups excluding carboxylic acids is 1. The highest BCUT2D eigenvalue weighted by molar-refractivity contribution is 7.16. The van der Waals surface area contributed by atoms with E-state index in [0.717, 1.165) is 11.4 Å². The summed E-state index contributed by atoms with van der Waals surface area (Å²) in [6.45, 7) is 9.04. The van der Waals surface area contributed by atoms with Crippen molar-refractivity contribution in [2.24, 2.45) is 0 Å². The molecule has 1 aromatic heterocycles. The molecule has 1 atom stereocenters. The van der Waals surface area contributed by atoms with Gasteiger partial charge >= 0.3 is 0 Å². The van der Waals surface area contributed by atoms with E-state index in [-0.39, 0.29) is 11.9 Å². The summed E-state index contributed by atoms with van der Waals surface area (Å²) >= 11 is 1.73. The Morgan fingerprint density at radius 1 is 0.969 bits per heavy atom. The van der Waals surface area contributed by atoms with Crippen molar-refractivity contribution in [3.8, 4) is 0 Å². The molecule has 1 aliphatic rings. The fourth-order valence-corrected chi connectivity index (χ4v) is 5.74. The minimum absolute atomic E-state index is 0.0288. The maximum absolute atomic E-state index is 13.0. The number of quaternary nitrogens is 1. The van der Waals surface area contributed by atoms with Crippen LogP contribution in [0.4, 0.5) is 5.00 Å². The Kier molecular flexibility index (Phi) is 7.44. The number of anilines is 1. The van der Waals surface area contributed by atoms with Gasteiger partial charge in [0, 0.05) is 21.6 Å². The van der Waals surface area contributed by atoms with Crippen LogP contribution in [0.1, 0.15) is 83.9 Å². The molecule has 3 nitrogen and oxygen atoms in total. The number of thiophene rings is 1. The van der Waals surface area contributed by atoms with E-state index in [9.17, 15) is 4.79 Å². The highest BCUT2D eigenvalue weighted by Gasteiger charge is 2.31. The minimum atomic E-state index is -0.0288. The van der Waals surface area contributed by atoms with E-state index < -0.39 is 0 Å². The van der Waals surface area contributed by atoms with Crippen molar-refractivity contribution in [1.82, 2.24) is 0 Å². The van der Waals surface area contributed by atoms with Gasteiger partial charge in [0.25, 0.3) is 5.91 Å². The minimum Gasteiger partial charge on any atom is -0.325 e. The number of carbonyl (C=O) groups is 1. The zero-order chi connectivity index (χ0) is 22.5. The first-order valence-corrected chi connectivity index (χ1v) is 12.8. The maximum Gasteiger partial charge on any atom is 0.256 e. The zero-order valence-corrected chi connectivity index (χ0v) is 20.3. The van der Waals surface area contributed by atoms with Crippen molar-refractivity contribution in [2.75, 3.05) is 18.4 Å². The van der Waals surface area contributed by atoms with Gasteiger partial charge in [0.15, 0.2) is 0 Å². The molecular formula is C28H35N2OS+. The second kappa shape index (κ2) is 10.5. The third kappa shape index (κ3) is 5.13. The van der Waals surface area contributed by atoms with Gasteiger partial charge in [-0.1, -0.05) is 63.2 Å². The molecule has 2 heterocycles. The van der Waals surface area contributed by atoms with Crippen LogP contribution in [0.3, 0.4) is 0 Å². The van der Waals surface area contributed by atoms with Crippen molar-refractivity contribution in [3.05, 3.63) is 87.8 Å². The summed E-state index contributed by atoms with van der Waals surface area (Å²) in [5.41, 5.74) is 4.69. The first-order chi connectivity index (χ1) is 15.6. The second-order valence-corrected chi connectivity index (χ2v) is 10.3. The van der Waals surface area contributed by atoms with Crippen LogP contribution >= 0.6 is 11.3 Å². The highest BCUT2D eigenvalue weighted by Crippen LogP contribution is 2.36. The van der Waals surface area contributed by atoms with Gasteiger partial charge < -0.3 is 10.2 Å². The van der Waals surface area contributed by atoms with Gasteiger partial charge in [0.2, 0.25) is 0 Å². The van der Waals surface area contributed by atoms with Crippen LogP contribution in [0, 0.1) is 0 Å². The second-order valence-electron chi connectivity index (χ2n) is 9.14. The Hall–Kier alpha value is -2.43. The molecule has 1 saturated heterocycles. The molecule has 4 rings (SSSR count). The van der Waals surface area contributed by atoms with Gasteiger partial charge in [-0.3, -0.25) is 4.79 Å². The van der Waals surface area contributed by atoms with Crippen molar-refractivity contribution in [3.63, 3.8) is 0 Å². The normalized spacial score (nSPS) is 15.6. The van der Waals surface area contributed by atoms with Crippen LogP contribution < -0.4 is 10.2 Å². The van der Waals surface area contributed by atoms with E-state index in [2.05, 4.69) is 56.4 Å². The Morgan fingerprint density at radius 3 is 2.25 bits per heavy atom. The molecule has 1 aliphatic heterocycles. The van der Waals surface area contributed by atoms with Gasteiger partial charge in [-0.25, -0.2) is 0 Å². The quantitative estimate of drug-likeness (QED) is 0.468. The van der Waals surface area contributed by atoms with Crippen LogP contribution in [0.2, 0.25) is 0 Å². The number of hydrogen-bond donors (Lipinski definition) is 2. The lowest BCUT2D eigenvalue weighted by molar-refractivity contribution is -0.930. The van der Waals surface area contributed by atoms with Crippen LogP contribution in [0.5, 0.6) is 0 Å². The standard InChI is InChI=1S/C28H34N2OS/c1-4-24-19-25(28(32-24)29-27(31)23-11-7-5-8-12-23)26(30-17-9-6-10-18-30)22-15-13-21(14-16-22)20(2)3/h5,7-8,11-16,19-20,26H,4,6,9-10,17-18H2,1-3H3,(H,29,31)/p+1/t26-/m1/s1. The molecule has 0 bridgehead atoms. The van der Waals surface area contributed by atoms with E-state index in [0.29, 0.717) is 11.5 Å². The lowest BCUT2D eigenvalue weighted by Crippen LogP contribution is -3.13. The molecule has 168 valence electrons. The number of rotatable bonds is 7. The number of piperidine rings is 1. The van der Waals surface area contributed by atoms with Crippen molar-refractivity contribution >= 4 is 22.2 Å². The summed E-state index contributed by atoms with van der Waals surface area (Å²) in [6.07, 6.45) is 4.84. The van der Waals surface area contributed by atoms with Gasteiger partial charge in [-0.2, -0.15) is 0 Å². The van der Waals surface area contributed by atoms with E-state index in [1.54, 1.807) is 16.2 Å². The number of likely N-dealkylation sites (tertiary alicyclic amines) is 1. The van der Waals surface area contributed by atoms with E-state index >= 15 is 0 Å². The Morgan fingerprint density at radius 2 is 1.62 bits per heavy atom. The van der Waals surface area contributed by atoms with Gasteiger partial charge in [-0.15, -0.1) is 11.3 Å². The lowest BCUT2D eigenvalue weighted by atomic mass is 9.93. The van der Waals surface area contributed by atoms with Gasteiger partial charge in [0.05, 0.1) is 13.1 Å². The predicted molar refractivity (Wildman–Crippen MR) is 135 cm³/mol. The Bertz CT molecular complexity index is 1020. The summed E-state index contributed by atoms with van der Waals surface area (Å²) in [7, 11) is 0. The van der Waals surface area contributed by atoms with Crippen LogP contribution in [-0.2, 0) is 6.42 Å². The smallest absolute Gasteiger partial charge is 0.256 e. The van der Waals surface area contributed by atoms with E-state index in [1.165, 1.54) is 53.9 Å². The molecule has 0 unspecified atom stereocenters. The van der Waals surface area contributed by atoms with Crippen molar-refractivity contribution in [1.29, 1.82) is 0 Å². The molecular weight excluding hydrogens is 412 g/mol. The molecule has 0 radical (unpaired) electrons. The Labute approximate surface area is 196 Å². The molecule has 1 amide bonds. The lowest BCUT2D eigenvalue weighted by Gasteiger charge is -2.32. The first-order valence-electron chi connectivity index (χ1n) is 12.0. The summed E-state index contributed by atoms with van der Waals surface area (Å²) in [4.78, 5) is 15.9. The van der Waals surface area contributed by atoms with Crippen LogP contribution in [-0.4, -0.2) is 19.0 Å².